The van der Waals surface area contributed by atoms with Gasteiger partial charge in [0.1, 0.15) is 0 Å². The van der Waals surface area contributed by atoms with Crippen LogP contribution in [0.25, 0.3) is 0 Å². The molecular weight excluding hydrogens is 178 g/mol. The van der Waals surface area contributed by atoms with E-state index in [4.69, 9.17) is 14.7 Å². The third kappa shape index (κ3) is 1.68. The standard InChI is InChI=1S/C11H15NO2/c12-7-3-5-10-4-1-2-6-11(10)13-8-9-14-11/h4H,1-3,5-6,8-9H2. The molecule has 0 bridgehead atoms. The van der Waals surface area contributed by atoms with Gasteiger partial charge in [-0.05, 0) is 24.8 Å². The van der Waals surface area contributed by atoms with Crippen LogP contribution < -0.4 is 0 Å². The van der Waals surface area contributed by atoms with Crippen LogP contribution >= 0.6 is 0 Å². The van der Waals surface area contributed by atoms with E-state index in [0.717, 1.165) is 25.7 Å². The number of hydrogen-bond acceptors (Lipinski definition) is 3. The first-order valence-corrected chi connectivity index (χ1v) is 5.22. The Morgan fingerprint density at radius 2 is 2.21 bits per heavy atom. The fraction of sp³-hybridized carbons (Fsp3) is 0.727. The maximum atomic E-state index is 8.57. The molecular formula is C11H15NO2. The van der Waals surface area contributed by atoms with Crippen molar-refractivity contribution in [1.82, 2.24) is 0 Å². The van der Waals surface area contributed by atoms with Gasteiger partial charge in [-0.15, -0.1) is 0 Å². The summed E-state index contributed by atoms with van der Waals surface area (Å²) in [7, 11) is 0. The maximum Gasteiger partial charge on any atom is 0.190 e. The topological polar surface area (TPSA) is 42.2 Å². The minimum atomic E-state index is -0.449. The minimum Gasteiger partial charge on any atom is -0.344 e. The molecule has 0 aromatic heterocycles. The fourth-order valence-electron chi connectivity index (χ4n) is 2.19. The maximum absolute atomic E-state index is 8.57. The van der Waals surface area contributed by atoms with Crippen molar-refractivity contribution in [2.24, 2.45) is 0 Å². The normalized spacial score (nSPS) is 24.6. The molecule has 1 spiro atoms. The highest BCUT2D eigenvalue weighted by Gasteiger charge is 2.40. The van der Waals surface area contributed by atoms with Crippen LogP contribution in [0.2, 0.25) is 0 Å². The summed E-state index contributed by atoms with van der Waals surface area (Å²) < 4.78 is 11.4. The molecule has 0 N–H and O–H groups in total. The number of hydrogen-bond donors (Lipinski definition) is 0. The zero-order chi connectivity index (χ0) is 9.86. The molecule has 0 saturated carbocycles. The summed E-state index contributed by atoms with van der Waals surface area (Å²) in [4.78, 5) is 0. The molecule has 1 fully saturated rings. The van der Waals surface area contributed by atoms with Crippen LogP contribution in [0.3, 0.4) is 0 Å². The molecule has 0 unspecified atom stereocenters. The molecule has 14 heavy (non-hydrogen) atoms. The second-order valence-corrected chi connectivity index (χ2v) is 3.73. The van der Waals surface area contributed by atoms with Gasteiger partial charge in [-0.2, -0.15) is 5.26 Å². The van der Waals surface area contributed by atoms with Gasteiger partial charge in [0.25, 0.3) is 0 Å². The van der Waals surface area contributed by atoms with Crippen LogP contribution in [-0.2, 0) is 9.47 Å². The Labute approximate surface area is 84.3 Å². The Kier molecular flexibility index (Phi) is 2.85. The summed E-state index contributed by atoms with van der Waals surface area (Å²) >= 11 is 0. The van der Waals surface area contributed by atoms with Crippen molar-refractivity contribution in [2.45, 2.75) is 37.9 Å². The lowest BCUT2D eigenvalue weighted by atomic mass is 9.90. The SMILES string of the molecule is N#CCCC1=CCCCC12OCCO2. The average Bonchev–Trinajstić information content (AvgIpc) is 2.66. The Balaban J connectivity index is 2.10. The van der Waals surface area contributed by atoms with E-state index in [1.165, 1.54) is 5.57 Å². The van der Waals surface area contributed by atoms with Crippen molar-refractivity contribution < 1.29 is 9.47 Å². The number of ether oxygens (including phenoxy) is 2. The smallest absolute Gasteiger partial charge is 0.190 e. The lowest BCUT2D eigenvalue weighted by molar-refractivity contribution is -0.136. The number of nitrogens with zero attached hydrogens (tertiary/aromatic N) is 1. The van der Waals surface area contributed by atoms with Crippen LogP contribution in [0.1, 0.15) is 32.1 Å². The van der Waals surface area contributed by atoms with E-state index < -0.39 is 5.79 Å². The van der Waals surface area contributed by atoms with Crippen molar-refractivity contribution in [3.63, 3.8) is 0 Å². The second kappa shape index (κ2) is 4.12. The van der Waals surface area contributed by atoms with Crippen LogP contribution in [0.5, 0.6) is 0 Å². The lowest BCUT2D eigenvalue weighted by Gasteiger charge is -2.33. The van der Waals surface area contributed by atoms with Crippen molar-refractivity contribution in [3.05, 3.63) is 11.6 Å². The highest BCUT2D eigenvalue weighted by atomic mass is 16.7. The molecule has 1 saturated heterocycles. The number of rotatable bonds is 2. The zero-order valence-electron chi connectivity index (χ0n) is 8.29. The first-order chi connectivity index (χ1) is 6.87. The predicted molar refractivity (Wildman–Crippen MR) is 51.4 cm³/mol. The molecule has 76 valence electrons. The molecule has 0 amide bonds. The third-order valence-corrected chi connectivity index (χ3v) is 2.85. The van der Waals surface area contributed by atoms with E-state index in [1.807, 2.05) is 0 Å². The summed E-state index contributed by atoms with van der Waals surface area (Å²) in [6, 6.07) is 2.17. The Morgan fingerprint density at radius 1 is 1.43 bits per heavy atom. The van der Waals surface area contributed by atoms with Gasteiger partial charge in [0.2, 0.25) is 0 Å². The Hall–Kier alpha value is -0.850. The van der Waals surface area contributed by atoms with Gasteiger partial charge in [-0.1, -0.05) is 6.08 Å². The monoisotopic (exact) mass is 193 g/mol. The Bertz CT molecular complexity index is 272. The van der Waals surface area contributed by atoms with Crippen molar-refractivity contribution in [2.75, 3.05) is 13.2 Å². The van der Waals surface area contributed by atoms with Gasteiger partial charge in [0.15, 0.2) is 5.79 Å². The van der Waals surface area contributed by atoms with E-state index in [-0.39, 0.29) is 0 Å². The molecule has 1 aliphatic heterocycles. The lowest BCUT2D eigenvalue weighted by Crippen LogP contribution is -2.34. The van der Waals surface area contributed by atoms with Gasteiger partial charge >= 0.3 is 0 Å². The highest BCUT2D eigenvalue weighted by Crippen LogP contribution is 2.38. The zero-order valence-corrected chi connectivity index (χ0v) is 8.29. The quantitative estimate of drug-likeness (QED) is 0.631. The van der Waals surface area contributed by atoms with Crippen molar-refractivity contribution in [3.8, 4) is 6.07 Å². The molecule has 3 heteroatoms. The first-order valence-electron chi connectivity index (χ1n) is 5.22. The molecule has 2 aliphatic rings. The van der Waals surface area contributed by atoms with Gasteiger partial charge < -0.3 is 9.47 Å². The summed E-state index contributed by atoms with van der Waals surface area (Å²) in [6.45, 7) is 1.37. The van der Waals surface area contributed by atoms with Gasteiger partial charge in [-0.25, -0.2) is 0 Å². The van der Waals surface area contributed by atoms with E-state index in [1.54, 1.807) is 0 Å². The summed E-state index contributed by atoms with van der Waals surface area (Å²) in [5, 5.41) is 8.57. The van der Waals surface area contributed by atoms with Crippen LogP contribution in [0, 0.1) is 11.3 Å². The summed E-state index contributed by atoms with van der Waals surface area (Å²) in [5.41, 5.74) is 1.18. The van der Waals surface area contributed by atoms with E-state index in [2.05, 4.69) is 12.1 Å². The average molecular weight is 193 g/mol. The predicted octanol–water partition coefficient (Wildman–Crippen LogP) is 2.14. The van der Waals surface area contributed by atoms with E-state index >= 15 is 0 Å². The molecule has 0 radical (unpaired) electrons. The molecule has 1 aliphatic carbocycles. The van der Waals surface area contributed by atoms with Crippen molar-refractivity contribution in [1.29, 1.82) is 5.26 Å². The van der Waals surface area contributed by atoms with Gasteiger partial charge in [-0.3, -0.25) is 0 Å². The first kappa shape index (κ1) is 9.70. The van der Waals surface area contributed by atoms with E-state index in [0.29, 0.717) is 19.6 Å². The molecule has 0 aromatic rings. The minimum absolute atomic E-state index is 0.449. The Morgan fingerprint density at radius 3 is 2.93 bits per heavy atom. The van der Waals surface area contributed by atoms with Crippen molar-refractivity contribution >= 4 is 0 Å². The summed E-state index contributed by atoms with van der Waals surface area (Å²) in [5.74, 6) is -0.449. The summed E-state index contributed by atoms with van der Waals surface area (Å²) in [6.07, 6.45) is 6.69. The molecule has 2 rings (SSSR count). The van der Waals surface area contributed by atoms with Crippen LogP contribution in [0.15, 0.2) is 11.6 Å². The third-order valence-electron chi connectivity index (χ3n) is 2.85. The molecule has 0 aromatic carbocycles. The van der Waals surface area contributed by atoms with Gasteiger partial charge in [0, 0.05) is 12.8 Å². The highest BCUT2D eigenvalue weighted by molar-refractivity contribution is 5.18. The molecule has 1 heterocycles. The molecule has 3 nitrogen and oxygen atoms in total. The fourth-order valence-corrected chi connectivity index (χ4v) is 2.19. The van der Waals surface area contributed by atoms with Gasteiger partial charge in [0.05, 0.1) is 19.3 Å². The number of allylic oxidation sites excluding steroid dienone is 1. The number of nitriles is 1. The molecule has 0 atom stereocenters. The van der Waals surface area contributed by atoms with Crippen LogP contribution in [-0.4, -0.2) is 19.0 Å². The van der Waals surface area contributed by atoms with Crippen LogP contribution in [0.4, 0.5) is 0 Å². The second-order valence-electron chi connectivity index (χ2n) is 3.73. The largest absolute Gasteiger partial charge is 0.344 e. The van der Waals surface area contributed by atoms with E-state index in [9.17, 15) is 0 Å².